The van der Waals surface area contributed by atoms with Crippen LogP contribution in [0.25, 0.3) is 0 Å². The Kier molecular flexibility index (Phi) is 4.98. The lowest BCUT2D eigenvalue weighted by molar-refractivity contribution is -0.388. The first-order valence-corrected chi connectivity index (χ1v) is 7.45. The Morgan fingerprint density at radius 3 is 2.30 bits per heavy atom. The molecule has 0 atom stereocenters. The number of nitro benzene ring substituents is 1. The van der Waals surface area contributed by atoms with Gasteiger partial charge in [-0.2, -0.15) is 13.2 Å². The van der Waals surface area contributed by atoms with E-state index in [1.54, 1.807) is 0 Å². The highest BCUT2D eigenvalue weighted by atomic mass is 35.5. The maximum absolute atomic E-state index is 12.7. The van der Waals surface area contributed by atoms with Gasteiger partial charge in [-0.1, -0.05) is 35.0 Å². The van der Waals surface area contributed by atoms with Crippen molar-refractivity contribution in [3.63, 3.8) is 0 Å². The summed E-state index contributed by atoms with van der Waals surface area (Å²) in [6, 6.07) is 5.20. The van der Waals surface area contributed by atoms with Gasteiger partial charge in [0.25, 0.3) is 5.69 Å². The van der Waals surface area contributed by atoms with Crippen molar-refractivity contribution in [3.8, 4) is 0 Å². The predicted molar refractivity (Wildman–Crippen MR) is 83.1 cm³/mol. The second-order valence-corrected chi connectivity index (χ2v) is 6.18. The minimum absolute atomic E-state index is 0.00749. The van der Waals surface area contributed by atoms with Gasteiger partial charge in [0.2, 0.25) is 0 Å². The molecule has 0 fully saturated rings. The van der Waals surface area contributed by atoms with Gasteiger partial charge in [-0.05, 0) is 24.3 Å². The van der Waals surface area contributed by atoms with E-state index in [9.17, 15) is 23.3 Å². The van der Waals surface area contributed by atoms with Gasteiger partial charge in [0.05, 0.1) is 31.1 Å². The van der Waals surface area contributed by atoms with Crippen LogP contribution < -0.4 is 5.73 Å². The van der Waals surface area contributed by atoms with E-state index in [4.69, 9.17) is 28.9 Å². The zero-order valence-corrected chi connectivity index (χ0v) is 13.4. The lowest BCUT2D eigenvalue weighted by Crippen LogP contribution is -2.06. The van der Waals surface area contributed by atoms with Crippen molar-refractivity contribution in [1.29, 1.82) is 0 Å². The van der Waals surface area contributed by atoms with E-state index in [0.29, 0.717) is 11.0 Å². The minimum Gasteiger partial charge on any atom is -0.397 e. The fourth-order valence-electron chi connectivity index (χ4n) is 1.68. The Balaban J connectivity index is 2.48. The largest absolute Gasteiger partial charge is 0.416 e. The number of hydrogen-bond acceptors (Lipinski definition) is 4. The van der Waals surface area contributed by atoms with Crippen molar-refractivity contribution in [2.45, 2.75) is 16.0 Å². The fraction of sp³-hybridized carbons (Fsp3) is 0.0769. The number of nitro groups is 1. The predicted octanol–water partition coefficient (Wildman–Crippen LogP) is 5.65. The Hall–Kier alpha value is -1.64. The van der Waals surface area contributed by atoms with E-state index in [1.165, 1.54) is 12.1 Å². The highest BCUT2D eigenvalue weighted by molar-refractivity contribution is 7.99. The SMILES string of the molecule is Nc1c(Sc2ccc(C(F)(F)F)cc2[N+](=O)[O-])ccc(Cl)c1Cl. The Labute approximate surface area is 142 Å². The first kappa shape index (κ1) is 17.7. The van der Waals surface area contributed by atoms with Gasteiger partial charge in [-0.15, -0.1) is 0 Å². The van der Waals surface area contributed by atoms with Crippen LogP contribution in [0.2, 0.25) is 10.0 Å². The third-order valence-electron chi connectivity index (χ3n) is 2.80. The smallest absolute Gasteiger partial charge is 0.397 e. The molecule has 0 bridgehead atoms. The molecule has 23 heavy (non-hydrogen) atoms. The molecule has 0 aromatic heterocycles. The van der Waals surface area contributed by atoms with Crippen molar-refractivity contribution < 1.29 is 18.1 Å². The molecule has 2 rings (SSSR count). The van der Waals surface area contributed by atoms with Gasteiger partial charge in [0.15, 0.2) is 0 Å². The number of nitrogens with two attached hydrogens (primary N) is 1. The van der Waals surface area contributed by atoms with Crippen molar-refractivity contribution in [3.05, 3.63) is 56.1 Å². The topological polar surface area (TPSA) is 69.2 Å². The molecule has 0 unspecified atom stereocenters. The second kappa shape index (κ2) is 6.46. The molecule has 2 N–H and O–H groups in total. The van der Waals surface area contributed by atoms with E-state index in [-0.39, 0.29) is 20.6 Å². The van der Waals surface area contributed by atoms with Crippen molar-refractivity contribution >= 4 is 46.3 Å². The van der Waals surface area contributed by atoms with Crippen LogP contribution in [0.4, 0.5) is 24.5 Å². The quantitative estimate of drug-likeness (QED) is 0.422. The summed E-state index contributed by atoms with van der Waals surface area (Å²) < 4.78 is 38.0. The monoisotopic (exact) mass is 382 g/mol. The Morgan fingerprint density at radius 1 is 1.13 bits per heavy atom. The van der Waals surface area contributed by atoms with Crippen molar-refractivity contribution in [2.24, 2.45) is 0 Å². The third kappa shape index (κ3) is 3.82. The highest BCUT2D eigenvalue weighted by Gasteiger charge is 2.33. The van der Waals surface area contributed by atoms with Crippen LogP contribution in [-0.4, -0.2) is 4.92 Å². The summed E-state index contributed by atoms with van der Waals surface area (Å²) in [5.74, 6) is 0. The molecule has 0 heterocycles. The molecule has 2 aromatic carbocycles. The number of anilines is 1. The molecule has 0 radical (unpaired) electrons. The standard InChI is InChI=1S/C13H7Cl2F3N2O2S/c14-7-2-4-10(12(19)11(7)15)23-9-3-1-6(13(16,17)18)5-8(9)20(21)22/h1-5H,19H2. The van der Waals surface area contributed by atoms with Crippen LogP contribution in [0.3, 0.4) is 0 Å². The van der Waals surface area contributed by atoms with Gasteiger partial charge in [-0.25, -0.2) is 0 Å². The summed E-state index contributed by atoms with van der Waals surface area (Å²) in [6.45, 7) is 0. The van der Waals surface area contributed by atoms with Gasteiger partial charge in [0, 0.05) is 11.0 Å². The van der Waals surface area contributed by atoms with Gasteiger partial charge < -0.3 is 5.73 Å². The van der Waals surface area contributed by atoms with E-state index in [2.05, 4.69) is 0 Å². The molecular weight excluding hydrogens is 376 g/mol. The van der Waals surface area contributed by atoms with Gasteiger partial charge >= 0.3 is 6.18 Å². The normalized spacial score (nSPS) is 11.5. The summed E-state index contributed by atoms with van der Waals surface area (Å²) in [5, 5.41) is 11.3. The maximum atomic E-state index is 12.7. The molecule has 122 valence electrons. The van der Waals surface area contributed by atoms with E-state index in [0.717, 1.165) is 23.9 Å². The number of benzene rings is 2. The molecular formula is C13H7Cl2F3N2O2S. The Bertz CT molecular complexity index is 785. The molecule has 0 saturated carbocycles. The molecule has 0 spiro atoms. The maximum Gasteiger partial charge on any atom is 0.416 e. The van der Waals surface area contributed by atoms with Crippen LogP contribution in [0.5, 0.6) is 0 Å². The zero-order chi connectivity index (χ0) is 17.4. The van der Waals surface area contributed by atoms with Crippen LogP contribution in [0.15, 0.2) is 40.1 Å². The summed E-state index contributed by atoms with van der Waals surface area (Å²) in [4.78, 5) is 10.5. The molecule has 4 nitrogen and oxygen atoms in total. The highest BCUT2D eigenvalue weighted by Crippen LogP contribution is 2.43. The molecule has 10 heteroatoms. The van der Waals surface area contributed by atoms with Crippen molar-refractivity contribution in [1.82, 2.24) is 0 Å². The number of rotatable bonds is 3. The average Bonchev–Trinajstić information content (AvgIpc) is 2.47. The van der Waals surface area contributed by atoms with Crippen LogP contribution >= 0.6 is 35.0 Å². The average molecular weight is 383 g/mol. The van der Waals surface area contributed by atoms with E-state index < -0.39 is 22.4 Å². The molecule has 0 aliphatic heterocycles. The fourth-order valence-corrected chi connectivity index (χ4v) is 3.02. The summed E-state index contributed by atoms with van der Waals surface area (Å²) in [6.07, 6.45) is -4.67. The Morgan fingerprint density at radius 2 is 1.74 bits per heavy atom. The number of hydrogen-bond donors (Lipinski definition) is 1. The van der Waals surface area contributed by atoms with Gasteiger partial charge in [-0.3, -0.25) is 10.1 Å². The van der Waals surface area contributed by atoms with Crippen LogP contribution in [-0.2, 0) is 6.18 Å². The lowest BCUT2D eigenvalue weighted by atomic mass is 10.2. The second-order valence-electron chi connectivity index (χ2n) is 4.31. The van der Waals surface area contributed by atoms with Gasteiger partial charge in [0.1, 0.15) is 0 Å². The summed E-state index contributed by atoms with van der Waals surface area (Å²) >= 11 is 12.5. The zero-order valence-electron chi connectivity index (χ0n) is 11.0. The van der Waals surface area contributed by atoms with Crippen LogP contribution in [0, 0.1) is 10.1 Å². The van der Waals surface area contributed by atoms with Crippen molar-refractivity contribution in [2.75, 3.05) is 5.73 Å². The molecule has 0 saturated heterocycles. The van der Waals surface area contributed by atoms with E-state index >= 15 is 0 Å². The summed E-state index contributed by atoms with van der Waals surface area (Å²) in [7, 11) is 0. The number of alkyl halides is 3. The number of halogens is 5. The lowest BCUT2D eigenvalue weighted by Gasteiger charge is -2.10. The minimum atomic E-state index is -4.67. The summed E-state index contributed by atoms with van der Waals surface area (Å²) in [5.41, 5.74) is 4.09. The molecule has 0 amide bonds. The van der Waals surface area contributed by atoms with Crippen LogP contribution in [0.1, 0.15) is 5.56 Å². The molecule has 2 aromatic rings. The number of nitrogen functional groups attached to an aromatic ring is 1. The molecule has 0 aliphatic rings. The number of nitrogens with zero attached hydrogens (tertiary/aromatic N) is 1. The third-order valence-corrected chi connectivity index (χ3v) is 4.76. The first-order chi connectivity index (χ1) is 10.6. The molecule has 0 aliphatic carbocycles. The van der Waals surface area contributed by atoms with E-state index in [1.807, 2.05) is 0 Å². The first-order valence-electron chi connectivity index (χ1n) is 5.88.